The predicted molar refractivity (Wildman–Crippen MR) is 87.0 cm³/mol. The molecule has 3 rings (SSSR count). The number of hydrogen-bond acceptors (Lipinski definition) is 2. The molecule has 0 saturated heterocycles. The fourth-order valence-electron chi connectivity index (χ4n) is 2.18. The Morgan fingerprint density at radius 3 is 2.74 bits per heavy atom. The molecule has 0 radical (unpaired) electrons. The van der Waals surface area contributed by atoms with Crippen molar-refractivity contribution in [2.45, 2.75) is 6.04 Å². The first-order valence-electron chi connectivity index (χ1n) is 5.83. The molecule has 3 aromatic rings. The summed E-state index contributed by atoms with van der Waals surface area (Å²) in [5.74, 6) is 0. The molecular weight excluding hydrogens is 342 g/mol. The molecule has 1 nitrogen and oxygen atoms in total. The van der Waals surface area contributed by atoms with Crippen molar-refractivity contribution in [3.63, 3.8) is 0 Å². The van der Waals surface area contributed by atoms with Crippen molar-refractivity contribution in [3.8, 4) is 0 Å². The Morgan fingerprint density at radius 1 is 1.11 bits per heavy atom. The van der Waals surface area contributed by atoms with E-state index >= 15 is 0 Å². The van der Waals surface area contributed by atoms with Gasteiger partial charge in [-0.1, -0.05) is 51.8 Å². The topological polar surface area (TPSA) is 26.0 Å². The van der Waals surface area contributed by atoms with Gasteiger partial charge in [0, 0.05) is 14.2 Å². The molecule has 4 heteroatoms. The van der Waals surface area contributed by atoms with Crippen LogP contribution in [0.2, 0.25) is 5.02 Å². The van der Waals surface area contributed by atoms with E-state index in [-0.39, 0.29) is 6.04 Å². The molecule has 2 aromatic carbocycles. The van der Waals surface area contributed by atoms with E-state index in [1.54, 1.807) is 11.3 Å². The minimum absolute atomic E-state index is 0.206. The number of benzene rings is 2. The van der Waals surface area contributed by atoms with E-state index in [9.17, 15) is 0 Å². The third-order valence-corrected chi connectivity index (χ3v) is 4.94. The largest absolute Gasteiger partial charge is 0.320 e. The summed E-state index contributed by atoms with van der Waals surface area (Å²) in [6.07, 6.45) is 0. The first-order valence-corrected chi connectivity index (χ1v) is 7.88. The van der Waals surface area contributed by atoms with Crippen molar-refractivity contribution >= 4 is 49.0 Å². The van der Waals surface area contributed by atoms with Crippen LogP contribution in [0.3, 0.4) is 0 Å². The second-order valence-corrected chi connectivity index (χ2v) is 6.57. The molecule has 96 valence electrons. The lowest BCUT2D eigenvalue weighted by Crippen LogP contribution is -2.12. The van der Waals surface area contributed by atoms with Crippen LogP contribution in [0.5, 0.6) is 0 Å². The second-order valence-electron chi connectivity index (χ2n) is 4.33. The summed E-state index contributed by atoms with van der Waals surface area (Å²) in [5.41, 5.74) is 8.47. The average molecular weight is 353 g/mol. The maximum atomic E-state index is 6.40. The first-order chi connectivity index (χ1) is 9.16. The van der Waals surface area contributed by atoms with Gasteiger partial charge in [-0.05, 0) is 40.1 Å². The van der Waals surface area contributed by atoms with Crippen LogP contribution in [0.25, 0.3) is 10.1 Å². The zero-order valence-electron chi connectivity index (χ0n) is 9.94. The summed E-state index contributed by atoms with van der Waals surface area (Å²) in [6.45, 7) is 0. The third kappa shape index (κ3) is 2.43. The molecule has 0 aliphatic heterocycles. The highest BCUT2D eigenvalue weighted by Gasteiger charge is 2.15. The molecule has 0 bridgehead atoms. The van der Waals surface area contributed by atoms with Crippen LogP contribution >= 0.6 is 38.9 Å². The maximum Gasteiger partial charge on any atom is 0.0580 e. The Hall–Kier alpha value is -0.870. The molecule has 0 amide bonds. The van der Waals surface area contributed by atoms with E-state index in [4.69, 9.17) is 17.3 Å². The Kier molecular flexibility index (Phi) is 3.63. The van der Waals surface area contributed by atoms with Crippen LogP contribution in [0.1, 0.15) is 17.2 Å². The third-order valence-electron chi connectivity index (χ3n) is 3.14. The number of halogens is 2. The van der Waals surface area contributed by atoms with Crippen LogP contribution in [-0.4, -0.2) is 0 Å². The van der Waals surface area contributed by atoms with E-state index in [1.165, 1.54) is 10.1 Å². The second kappa shape index (κ2) is 5.25. The molecule has 0 spiro atoms. The van der Waals surface area contributed by atoms with E-state index in [0.717, 1.165) is 15.6 Å². The smallest absolute Gasteiger partial charge is 0.0580 e. The van der Waals surface area contributed by atoms with Crippen molar-refractivity contribution < 1.29 is 0 Å². The lowest BCUT2D eigenvalue weighted by Gasteiger charge is -2.15. The standard InChI is InChI=1S/C15H11BrClNS/c16-10-4-5-11(13(17)8-10)14(18)12-3-1-2-9-6-7-19-15(9)12/h1-8,14H,18H2. The molecule has 1 unspecified atom stereocenters. The fourth-order valence-corrected chi connectivity index (χ4v) is 3.93. The van der Waals surface area contributed by atoms with Gasteiger partial charge in [0.2, 0.25) is 0 Å². The van der Waals surface area contributed by atoms with Crippen molar-refractivity contribution in [1.82, 2.24) is 0 Å². The number of rotatable bonds is 2. The molecule has 1 aromatic heterocycles. The van der Waals surface area contributed by atoms with E-state index in [2.05, 4.69) is 39.5 Å². The molecule has 19 heavy (non-hydrogen) atoms. The Balaban J connectivity index is 2.13. The van der Waals surface area contributed by atoms with Gasteiger partial charge in [-0.25, -0.2) is 0 Å². The number of thiophene rings is 1. The molecule has 1 heterocycles. The maximum absolute atomic E-state index is 6.40. The summed E-state index contributed by atoms with van der Waals surface area (Å²) in [4.78, 5) is 0. The van der Waals surface area contributed by atoms with Crippen LogP contribution in [-0.2, 0) is 0 Å². The Bertz CT molecular complexity index is 738. The summed E-state index contributed by atoms with van der Waals surface area (Å²) in [7, 11) is 0. The van der Waals surface area contributed by atoms with Crippen LogP contribution in [0.4, 0.5) is 0 Å². The van der Waals surface area contributed by atoms with Gasteiger partial charge < -0.3 is 5.73 Å². The lowest BCUT2D eigenvalue weighted by atomic mass is 9.98. The summed E-state index contributed by atoms with van der Waals surface area (Å²) in [6, 6.07) is 13.9. The van der Waals surface area contributed by atoms with Gasteiger partial charge in [-0.3, -0.25) is 0 Å². The van der Waals surface area contributed by atoms with E-state index < -0.39 is 0 Å². The monoisotopic (exact) mass is 351 g/mol. The van der Waals surface area contributed by atoms with Gasteiger partial charge in [0.05, 0.1) is 6.04 Å². The van der Waals surface area contributed by atoms with Gasteiger partial charge >= 0.3 is 0 Å². The highest BCUT2D eigenvalue weighted by molar-refractivity contribution is 9.10. The molecule has 0 aliphatic carbocycles. The minimum atomic E-state index is -0.206. The Morgan fingerprint density at radius 2 is 1.95 bits per heavy atom. The normalized spacial score (nSPS) is 12.8. The average Bonchev–Trinajstić information content (AvgIpc) is 2.86. The molecule has 2 N–H and O–H groups in total. The van der Waals surface area contributed by atoms with Crippen molar-refractivity contribution in [2.75, 3.05) is 0 Å². The quantitative estimate of drug-likeness (QED) is 0.659. The minimum Gasteiger partial charge on any atom is -0.320 e. The van der Waals surface area contributed by atoms with E-state index in [1.807, 2.05) is 24.3 Å². The van der Waals surface area contributed by atoms with Crippen molar-refractivity contribution in [2.24, 2.45) is 5.73 Å². The van der Waals surface area contributed by atoms with Gasteiger partial charge in [-0.15, -0.1) is 11.3 Å². The van der Waals surface area contributed by atoms with Gasteiger partial charge in [0.25, 0.3) is 0 Å². The lowest BCUT2D eigenvalue weighted by molar-refractivity contribution is 0.882. The van der Waals surface area contributed by atoms with Crippen LogP contribution < -0.4 is 5.73 Å². The van der Waals surface area contributed by atoms with Crippen molar-refractivity contribution in [1.29, 1.82) is 0 Å². The fraction of sp³-hybridized carbons (Fsp3) is 0.0667. The summed E-state index contributed by atoms with van der Waals surface area (Å²) < 4.78 is 2.19. The van der Waals surface area contributed by atoms with E-state index in [0.29, 0.717) is 5.02 Å². The number of hydrogen-bond donors (Lipinski definition) is 1. The summed E-state index contributed by atoms with van der Waals surface area (Å²) >= 11 is 11.4. The Labute approximate surface area is 129 Å². The SMILES string of the molecule is NC(c1ccc(Br)cc1Cl)c1cccc2ccsc12. The number of fused-ring (bicyclic) bond motifs is 1. The molecular formula is C15H11BrClNS. The number of nitrogens with two attached hydrogens (primary N) is 1. The molecule has 1 atom stereocenters. The first kappa shape index (κ1) is 13.1. The zero-order valence-corrected chi connectivity index (χ0v) is 13.1. The van der Waals surface area contributed by atoms with Gasteiger partial charge in [0.1, 0.15) is 0 Å². The predicted octanol–water partition coefficient (Wildman–Crippen LogP) is 5.37. The van der Waals surface area contributed by atoms with Crippen LogP contribution in [0, 0.1) is 0 Å². The van der Waals surface area contributed by atoms with Crippen molar-refractivity contribution in [3.05, 3.63) is 68.5 Å². The molecule has 0 saturated carbocycles. The van der Waals surface area contributed by atoms with Gasteiger partial charge in [-0.2, -0.15) is 0 Å². The van der Waals surface area contributed by atoms with Crippen LogP contribution in [0.15, 0.2) is 52.3 Å². The van der Waals surface area contributed by atoms with Gasteiger partial charge in [0.15, 0.2) is 0 Å². The highest BCUT2D eigenvalue weighted by Crippen LogP contribution is 2.34. The highest BCUT2D eigenvalue weighted by atomic mass is 79.9. The molecule has 0 aliphatic rings. The molecule has 0 fully saturated rings. The zero-order chi connectivity index (χ0) is 13.4. The summed E-state index contributed by atoms with van der Waals surface area (Å²) in [5, 5.41) is 4.01.